The number of hydrogen-bond donors (Lipinski definition) is 0. The Morgan fingerprint density at radius 3 is 2.74 bits per heavy atom. The van der Waals surface area contributed by atoms with Gasteiger partial charge < -0.3 is 4.90 Å². The van der Waals surface area contributed by atoms with Gasteiger partial charge in [0, 0.05) is 29.9 Å². The van der Waals surface area contributed by atoms with Crippen LogP contribution in [-0.4, -0.2) is 38.9 Å². The summed E-state index contributed by atoms with van der Waals surface area (Å²) in [5, 5.41) is 5.59. The van der Waals surface area contributed by atoms with Gasteiger partial charge in [-0.25, -0.2) is 0 Å². The first kappa shape index (κ1) is 14.2. The van der Waals surface area contributed by atoms with Gasteiger partial charge in [0.2, 0.25) is 0 Å². The highest BCUT2D eigenvalue weighted by Crippen LogP contribution is 2.18. The van der Waals surface area contributed by atoms with E-state index in [0.29, 0.717) is 0 Å². The van der Waals surface area contributed by atoms with Crippen molar-refractivity contribution in [3.05, 3.63) is 59.1 Å². The van der Waals surface area contributed by atoms with E-state index in [0.717, 1.165) is 29.7 Å². The lowest BCUT2D eigenvalue weighted by atomic mass is 10.2. The second-order valence-corrected chi connectivity index (χ2v) is 6.07. The predicted molar refractivity (Wildman–Crippen MR) is 91.0 cm³/mol. The maximum atomic E-state index is 11.9. The predicted octanol–water partition coefficient (Wildman–Crippen LogP) is 2.28. The average molecular weight is 308 g/mol. The molecule has 0 amide bonds. The number of likely N-dealkylation sites (tertiary alicyclic amines) is 1. The summed E-state index contributed by atoms with van der Waals surface area (Å²) in [6.07, 6.45) is 6.31. The van der Waals surface area contributed by atoms with Crippen molar-refractivity contribution in [1.29, 1.82) is 0 Å². The van der Waals surface area contributed by atoms with E-state index < -0.39 is 0 Å². The normalized spacial score (nSPS) is 15.5. The van der Waals surface area contributed by atoms with Crippen LogP contribution in [0.5, 0.6) is 0 Å². The minimum absolute atomic E-state index is 0.0201. The summed E-state index contributed by atoms with van der Waals surface area (Å²) >= 11 is 0. The van der Waals surface area contributed by atoms with Crippen LogP contribution in [0.3, 0.4) is 0 Å². The molecule has 1 saturated heterocycles. The van der Waals surface area contributed by atoms with Gasteiger partial charge in [0.25, 0.3) is 5.56 Å². The highest BCUT2D eigenvalue weighted by atomic mass is 16.1. The van der Waals surface area contributed by atoms with Gasteiger partial charge in [0.1, 0.15) is 0 Å². The van der Waals surface area contributed by atoms with Crippen molar-refractivity contribution in [3.63, 3.8) is 0 Å². The molecule has 3 aromatic rings. The van der Waals surface area contributed by atoms with Crippen LogP contribution >= 0.6 is 0 Å². The Balaban J connectivity index is 1.61. The second-order valence-electron chi connectivity index (χ2n) is 6.07. The van der Waals surface area contributed by atoms with E-state index in [1.807, 2.05) is 24.4 Å². The van der Waals surface area contributed by atoms with Crippen LogP contribution < -0.4 is 5.56 Å². The number of nitrogens with zero attached hydrogens (tertiary/aromatic N) is 4. The molecule has 4 rings (SSSR count). The first-order valence-corrected chi connectivity index (χ1v) is 8.17. The SMILES string of the molecule is O=c1ccccn1-c1ccc2c(cnn2CCN2CCCC2)c1. The Hall–Kier alpha value is -2.40. The standard InChI is InChI=1S/C18H20N4O/c23-18-5-1-2-10-21(18)16-6-7-17-15(13-16)14-19-22(17)12-11-20-8-3-4-9-20/h1-2,5-7,10,13-14H,3-4,8-9,11-12H2. The van der Waals surface area contributed by atoms with Crippen LogP contribution in [0.15, 0.2) is 53.6 Å². The third-order valence-electron chi connectivity index (χ3n) is 4.55. The third kappa shape index (κ3) is 2.80. The van der Waals surface area contributed by atoms with Gasteiger partial charge in [-0.1, -0.05) is 6.07 Å². The Morgan fingerprint density at radius 1 is 1.04 bits per heavy atom. The highest BCUT2D eigenvalue weighted by molar-refractivity contribution is 5.80. The number of fused-ring (bicyclic) bond motifs is 1. The molecule has 118 valence electrons. The summed E-state index contributed by atoms with van der Waals surface area (Å²) in [7, 11) is 0. The lowest BCUT2D eigenvalue weighted by molar-refractivity contribution is 0.318. The van der Waals surface area contributed by atoms with E-state index in [1.54, 1.807) is 22.9 Å². The largest absolute Gasteiger partial charge is 0.301 e. The van der Waals surface area contributed by atoms with Gasteiger partial charge in [0.15, 0.2) is 0 Å². The minimum atomic E-state index is -0.0201. The van der Waals surface area contributed by atoms with Crippen LogP contribution in [0.4, 0.5) is 0 Å². The lowest BCUT2D eigenvalue weighted by Gasteiger charge is -2.14. The molecular weight excluding hydrogens is 288 g/mol. The molecule has 0 unspecified atom stereocenters. The minimum Gasteiger partial charge on any atom is -0.301 e. The first-order chi connectivity index (χ1) is 11.3. The molecule has 5 nitrogen and oxygen atoms in total. The third-order valence-corrected chi connectivity index (χ3v) is 4.55. The van der Waals surface area contributed by atoms with E-state index in [1.165, 1.54) is 25.9 Å². The summed E-state index contributed by atoms with van der Waals surface area (Å²) in [6.45, 7) is 4.38. The maximum absolute atomic E-state index is 11.9. The van der Waals surface area contributed by atoms with Gasteiger partial charge in [-0.2, -0.15) is 5.10 Å². The van der Waals surface area contributed by atoms with E-state index >= 15 is 0 Å². The first-order valence-electron chi connectivity index (χ1n) is 8.17. The number of rotatable bonds is 4. The highest BCUT2D eigenvalue weighted by Gasteiger charge is 2.12. The van der Waals surface area contributed by atoms with Crippen LogP contribution in [0.2, 0.25) is 0 Å². The van der Waals surface area contributed by atoms with Crippen LogP contribution in [0, 0.1) is 0 Å². The van der Waals surface area contributed by atoms with Crippen LogP contribution in [-0.2, 0) is 6.54 Å². The maximum Gasteiger partial charge on any atom is 0.255 e. The zero-order chi connectivity index (χ0) is 15.6. The zero-order valence-corrected chi connectivity index (χ0v) is 13.1. The van der Waals surface area contributed by atoms with Crippen LogP contribution in [0.25, 0.3) is 16.6 Å². The van der Waals surface area contributed by atoms with Crippen molar-refractivity contribution in [1.82, 2.24) is 19.2 Å². The van der Waals surface area contributed by atoms with Crippen molar-refractivity contribution >= 4 is 10.9 Å². The molecule has 1 aromatic carbocycles. The van der Waals surface area contributed by atoms with E-state index in [2.05, 4.69) is 20.7 Å². The molecule has 0 N–H and O–H groups in total. The summed E-state index contributed by atoms with van der Waals surface area (Å²) in [6, 6.07) is 11.3. The molecule has 1 aliphatic rings. The van der Waals surface area contributed by atoms with Crippen molar-refractivity contribution in [2.24, 2.45) is 0 Å². The molecule has 3 heterocycles. The Kier molecular flexibility index (Phi) is 3.71. The molecule has 5 heteroatoms. The molecule has 0 saturated carbocycles. The van der Waals surface area contributed by atoms with Gasteiger partial charge in [0.05, 0.1) is 18.3 Å². The molecule has 1 fully saturated rings. The fourth-order valence-electron chi connectivity index (χ4n) is 3.29. The monoisotopic (exact) mass is 308 g/mol. The van der Waals surface area contributed by atoms with E-state index in [-0.39, 0.29) is 5.56 Å². The number of pyridine rings is 1. The number of aromatic nitrogens is 3. The summed E-state index contributed by atoms with van der Waals surface area (Å²) in [5.74, 6) is 0. The zero-order valence-electron chi connectivity index (χ0n) is 13.1. The Labute approximate surface area is 134 Å². The number of benzene rings is 1. The van der Waals surface area contributed by atoms with E-state index in [4.69, 9.17) is 0 Å². The molecule has 23 heavy (non-hydrogen) atoms. The fraction of sp³-hybridized carbons (Fsp3) is 0.333. The Bertz CT molecular complexity index is 874. The summed E-state index contributed by atoms with van der Waals surface area (Å²) in [4.78, 5) is 14.4. The van der Waals surface area contributed by atoms with Gasteiger partial charge in [-0.15, -0.1) is 0 Å². The second kappa shape index (κ2) is 6.01. The topological polar surface area (TPSA) is 43.1 Å². The van der Waals surface area contributed by atoms with Crippen molar-refractivity contribution < 1.29 is 0 Å². The van der Waals surface area contributed by atoms with Gasteiger partial charge in [-0.3, -0.25) is 14.0 Å². The van der Waals surface area contributed by atoms with Crippen molar-refractivity contribution in [3.8, 4) is 5.69 Å². The Morgan fingerprint density at radius 2 is 1.91 bits per heavy atom. The average Bonchev–Trinajstić information content (AvgIpc) is 3.22. The molecule has 1 aliphatic heterocycles. The molecule has 0 bridgehead atoms. The fourth-order valence-corrected chi connectivity index (χ4v) is 3.29. The summed E-state index contributed by atoms with van der Waals surface area (Å²) < 4.78 is 3.71. The lowest BCUT2D eigenvalue weighted by Crippen LogP contribution is -2.24. The summed E-state index contributed by atoms with van der Waals surface area (Å²) in [5.41, 5.74) is 1.98. The molecule has 0 aliphatic carbocycles. The smallest absolute Gasteiger partial charge is 0.255 e. The molecular formula is C18H20N4O. The molecule has 2 aromatic heterocycles. The van der Waals surface area contributed by atoms with E-state index in [9.17, 15) is 4.79 Å². The van der Waals surface area contributed by atoms with Crippen LogP contribution in [0.1, 0.15) is 12.8 Å². The molecule has 0 spiro atoms. The molecule has 0 radical (unpaired) electrons. The van der Waals surface area contributed by atoms with Gasteiger partial charge >= 0.3 is 0 Å². The van der Waals surface area contributed by atoms with Gasteiger partial charge in [-0.05, 0) is 50.2 Å². The van der Waals surface area contributed by atoms with Crippen molar-refractivity contribution in [2.75, 3.05) is 19.6 Å². The number of hydrogen-bond acceptors (Lipinski definition) is 3. The molecule has 0 atom stereocenters. The van der Waals surface area contributed by atoms with Crippen molar-refractivity contribution in [2.45, 2.75) is 19.4 Å². The quantitative estimate of drug-likeness (QED) is 0.742.